The van der Waals surface area contributed by atoms with E-state index in [1.54, 1.807) is 0 Å². The molecule has 0 heterocycles. The Balaban J connectivity index is 0.00000161. The van der Waals surface area contributed by atoms with Gasteiger partial charge >= 0.3 is 0 Å². The molecule has 0 aliphatic heterocycles. The summed E-state index contributed by atoms with van der Waals surface area (Å²) in [6, 6.07) is 0.324. The standard InChI is InChI=1S/C16H28N2O2.ClH/c17-15-10-3-1-4-11(15)8-13(7-10)16(20)18-9-12-5-2-6-14(12)19;/h10-15,19H,1-9,17H2,(H,18,20);1H. The van der Waals surface area contributed by atoms with Crippen LogP contribution in [0.3, 0.4) is 0 Å². The molecule has 0 radical (unpaired) electrons. The average molecular weight is 317 g/mol. The summed E-state index contributed by atoms with van der Waals surface area (Å²) >= 11 is 0. The molecular formula is C16H29ClN2O2. The maximum atomic E-state index is 12.4. The molecule has 3 rings (SSSR count). The summed E-state index contributed by atoms with van der Waals surface area (Å²) in [6.07, 6.45) is 8.43. The molecule has 21 heavy (non-hydrogen) atoms. The number of carbonyl (C=O) groups is 1. The van der Waals surface area contributed by atoms with Gasteiger partial charge in [0.15, 0.2) is 0 Å². The molecule has 122 valence electrons. The van der Waals surface area contributed by atoms with Crippen molar-refractivity contribution in [2.75, 3.05) is 6.54 Å². The van der Waals surface area contributed by atoms with Crippen molar-refractivity contribution in [1.29, 1.82) is 0 Å². The Bertz CT molecular complexity index is 352. The Hall–Kier alpha value is -0.320. The fourth-order valence-electron chi connectivity index (χ4n) is 4.63. The summed E-state index contributed by atoms with van der Waals surface area (Å²) in [5, 5.41) is 12.9. The molecule has 0 aromatic carbocycles. The molecule has 3 aliphatic carbocycles. The predicted octanol–water partition coefficient (Wildman–Crippen LogP) is 1.84. The van der Waals surface area contributed by atoms with Crippen molar-refractivity contribution in [2.45, 2.75) is 63.5 Å². The Morgan fingerprint density at radius 3 is 2.29 bits per heavy atom. The van der Waals surface area contributed by atoms with E-state index in [-0.39, 0.29) is 36.3 Å². The second kappa shape index (κ2) is 7.30. The second-order valence-corrected chi connectivity index (χ2v) is 7.20. The summed E-state index contributed by atoms with van der Waals surface area (Å²) in [7, 11) is 0. The summed E-state index contributed by atoms with van der Waals surface area (Å²) in [4.78, 5) is 12.4. The Morgan fingerprint density at radius 2 is 1.71 bits per heavy atom. The van der Waals surface area contributed by atoms with Crippen LogP contribution in [0.4, 0.5) is 0 Å². The number of amides is 1. The minimum Gasteiger partial charge on any atom is -0.393 e. The van der Waals surface area contributed by atoms with Gasteiger partial charge in [-0.1, -0.05) is 12.8 Å². The van der Waals surface area contributed by atoms with Gasteiger partial charge in [0.2, 0.25) is 5.91 Å². The normalized spacial score (nSPS) is 42.2. The molecule has 4 unspecified atom stereocenters. The van der Waals surface area contributed by atoms with E-state index in [1.807, 2.05) is 0 Å². The number of aliphatic hydroxyl groups excluding tert-OH is 1. The van der Waals surface area contributed by atoms with Crippen molar-refractivity contribution >= 4 is 18.3 Å². The van der Waals surface area contributed by atoms with Crippen molar-refractivity contribution in [3.63, 3.8) is 0 Å². The van der Waals surface area contributed by atoms with Crippen molar-refractivity contribution in [2.24, 2.45) is 29.4 Å². The molecule has 4 nitrogen and oxygen atoms in total. The lowest BCUT2D eigenvalue weighted by Crippen LogP contribution is -2.49. The van der Waals surface area contributed by atoms with E-state index in [1.165, 1.54) is 19.3 Å². The van der Waals surface area contributed by atoms with Crippen molar-refractivity contribution in [3.05, 3.63) is 0 Å². The predicted molar refractivity (Wildman–Crippen MR) is 85.1 cm³/mol. The summed E-state index contributed by atoms with van der Waals surface area (Å²) in [5.41, 5.74) is 6.27. The number of nitrogens with one attached hydrogen (secondary N) is 1. The average Bonchev–Trinajstić information content (AvgIpc) is 2.81. The maximum Gasteiger partial charge on any atom is 0.223 e. The van der Waals surface area contributed by atoms with Gasteiger partial charge in [0.05, 0.1) is 6.10 Å². The van der Waals surface area contributed by atoms with Gasteiger partial charge < -0.3 is 16.2 Å². The first-order valence-electron chi connectivity index (χ1n) is 8.36. The second-order valence-electron chi connectivity index (χ2n) is 7.20. The Morgan fingerprint density at radius 1 is 1.10 bits per heavy atom. The van der Waals surface area contributed by atoms with Crippen LogP contribution in [0.2, 0.25) is 0 Å². The first kappa shape index (κ1) is 17.0. The molecule has 0 spiro atoms. The number of aliphatic hydroxyl groups is 1. The largest absolute Gasteiger partial charge is 0.393 e. The maximum absolute atomic E-state index is 12.4. The molecule has 3 aliphatic rings. The quantitative estimate of drug-likeness (QED) is 0.743. The van der Waals surface area contributed by atoms with E-state index in [9.17, 15) is 9.90 Å². The highest BCUT2D eigenvalue weighted by Gasteiger charge is 2.40. The van der Waals surface area contributed by atoms with Gasteiger partial charge in [-0.3, -0.25) is 4.79 Å². The van der Waals surface area contributed by atoms with E-state index in [0.717, 1.165) is 32.1 Å². The van der Waals surface area contributed by atoms with Crippen molar-refractivity contribution < 1.29 is 9.90 Å². The van der Waals surface area contributed by atoms with Crippen LogP contribution in [0, 0.1) is 23.7 Å². The number of rotatable bonds is 3. The van der Waals surface area contributed by atoms with Crippen LogP contribution in [0.5, 0.6) is 0 Å². The van der Waals surface area contributed by atoms with Gasteiger partial charge in [-0.15, -0.1) is 12.4 Å². The van der Waals surface area contributed by atoms with Gasteiger partial charge in [0.25, 0.3) is 0 Å². The number of nitrogens with two attached hydrogens (primary N) is 1. The summed E-state index contributed by atoms with van der Waals surface area (Å²) in [6.45, 7) is 0.651. The third-order valence-corrected chi connectivity index (χ3v) is 5.94. The topological polar surface area (TPSA) is 75.4 Å². The number of fused-ring (bicyclic) bond motifs is 2. The lowest BCUT2D eigenvalue weighted by Gasteiger charge is -2.43. The van der Waals surface area contributed by atoms with Crippen LogP contribution in [0.1, 0.15) is 51.4 Å². The molecule has 0 aromatic rings. The van der Waals surface area contributed by atoms with Crippen LogP contribution < -0.4 is 11.1 Å². The smallest absolute Gasteiger partial charge is 0.223 e. The van der Waals surface area contributed by atoms with Crippen LogP contribution in [-0.4, -0.2) is 29.7 Å². The molecule has 4 atom stereocenters. The number of hydrogen-bond acceptors (Lipinski definition) is 3. The zero-order valence-electron chi connectivity index (χ0n) is 12.7. The molecule has 3 fully saturated rings. The van der Waals surface area contributed by atoms with Gasteiger partial charge in [0, 0.05) is 24.4 Å². The van der Waals surface area contributed by atoms with E-state index >= 15 is 0 Å². The van der Waals surface area contributed by atoms with Crippen molar-refractivity contribution in [3.8, 4) is 0 Å². The first-order valence-corrected chi connectivity index (χ1v) is 8.36. The Labute approximate surface area is 133 Å². The van der Waals surface area contributed by atoms with Crippen LogP contribution in [0.25, 0.3) is 0 Å². The van der Waals surface area contributed by atoms with Gasteiger partial charge in [-0.05, 0) is 50.4 Å². The third-order valence-electron chi connectivity index (χ3n) is 5.94. The third kappa shape index (κ3) is 3.72. The fraction of sp³-hybridized carbons (Fsp3) is 0.938. The lowest BCUT2D eigenvalue weighted by molar-refractivity contribution is -0.128. The van der Waals surface area contributed by atoms with Crippen LogP contribution >= 0.6 is 12.4 Å². The minimum atomic E-state index is -0.213. The van der Waals surface area contributed by atoms with E-state index in [0.29, 0.717) is 24.4 Å². The van der Waals surface area contributed by atoms with E-state index in [4.69, 9.17) is 5.73 Å². The van der Waals surface area contributed by atoms with Crippen molar-refractivity contribution in [1.82, 2.24) is 5.32 Å². The minimum absolute atomic E-state index is 0. The molecule has 3 saturated carbocycles. The van der Waals surface area contributed by atoms with Gasteiger partial charge in [-0.25, -0.2) is 0 Å². The summed E-state index contributed by atoms with van der Waals surface area (Å²) in [5.74, 6) is 1.73. The Kier molecular flexibility index (Phi) is 5.92. The zero-order valence-corrected chi connectivity index (χ0v) is 13.5. The molecule has 2 bridgehead atoms. The fourth-order valence-corrected chi connectivity index (χ4v) is 4.63. The number of carbonyl (C=O) groups excluding carboxylic acids is 1. The number of halogens is 1. The van der Waals surface area contributed by atoms with E-state index in [2.05, 4.69) is 5.32 Å². The molecule has 0 saturated heterocycles. The highest BCUT2D eigenvalue weighted by molar-refractivity contribution is 5.85. The monoisotopic (exact) mass is 316 g/mol. The zero-order chi connectivity index (χ0) is 14.1. The molecule has 0 aromatic heterocycles. The lowest BCUT2D eigenvalue weighted by atomic mass is 9.65. The van der Waals surface area contributed by atoms with Gasteiger partial charge in [-0.2, -0.15) is 0 Å². The highest BCUT2D eigenvalue weighted by atomic mass is 35.5. The van der Waals surface area contributed by atoms with Gasteiger partial charge in [0.1, 0.15) is 0 Å². The van der Waals surface area contributed by atoms with Crippen LogP contribution in [-0.2, 0) is 4.79 Å². The highest BCUT2D eigenvalue weighted by Crippen LogP contribution is 2.41. The van der Waals surface area contributed by atoms with E-state index < -0.39 is 0 Å². The first-order chi connectivity index (χ1) is 9.65. The molecular weight excluding hydrogens is 288 g/mol. The number of hydrogen-bond donors (Lipinski definition) is 3. The molecule has 5 heteroatoms. The SMILES string of the molecule is Cl.NC1C2CCCC1CC(C(=O)NCC1CCCC1O)C2. The molecule has 4 N–H and O–H groups in total. The molecule has 1 amide bonds. The summed E-state index contributed by atoms with van der Waals surface area (Å²) < 4.78 is 0. The van der Waals surface area contributed by atoms with Crippen LogP contribution in [0.15, 0.2) is 0 Å².